The summed E-state index contributed by atoms with van der Waals surface area (Å²) < 4.78 is 7.38. The van der Waals surface area contributed by atoms with E-state index in [2.05, 4.69) is 101 Å². The Morgan fingerprint density at radius 1 is 0.841 bits per heavy atom. The fraction of sp³-hybridized carbons (Fsp3) is 1.00. The smallest absolute Gasteiger partial charge is 0.123 e. The highest BCUT2D eigenvalue weighted by Crippen LogP contribution is 2.78. The molecule has 0 radical (unpaired) electrons. The molecule has 2 saturated carbocycles. The molecule has 2 aliphatic carbocycles. The van der Waals surface area contributed by atoms with Crippen LogP contribution in [0.3, 0.4) is 0 Å². The van der Waals surface area contributed by atoms with E-state index in [-0.39, 0.29) is 33.0 Å². The molecule has 44 heavy (non-hydrogen) atoms. The van der Waals surface area contributed by atoms with Gasteiger partial charge in [0.1, 0.15) is 5.72 Å². The minimum atomic E-state index is -0.156. The van der Waals surface area contributed by atoms with Gasteiger partial charge in [-0.25, -0.2) is 0 Å². The summed E-state index contributed by atoms with van der Waals surface area (Å²) in [6, 6.07) is 0.686. The highest BCUT2D eigenvalue weighted by molar-refractivity contribution is 5.25. The second-order valence-electron chi connectivity index (χ2n) is 19.4. The van der Waals surface area contributed by atoms with Crippen LogP contribution in [0.2, 0.25) is 0 Å². The summed E-state index contributed by atoms with van der Waals surface area (Å²) in [4.78, 5) is 0. The zero-order chi connectivity index (χ0) is 32.9. The summed E-state index contributed by atoms with van der Waals surface area (Å²) in [5.74, 6) is 1.24. The molecular weight excluding hydrogens is 536 g/mol. The van der Waals surface area contributed by atoms with Crippen molar-refractivity contribution in [2.45, 2.75) is 204 Å². The predicted octanol–water partition coefficient (Wildman–Crippen LogP) is 11.3. The average molecular weight is 615 g/mol. The van der Waals surface area contributed by atoms with E-state index in [0.717, 1.165) is 25.3 Å². The summed E-state index contributed by atoms with van der Waals surface area (Å²) in [7, 11) is 0. The summed E-state index contributed by atoms with van der Waals surface area (Å²) in [5, 5.41) is 8.04. The maximum atomic E-state index is 7.38. The number of rotatable bonds is 13. The number of fused-ring (bicyclic) bond motifs is 1. The molecule has 4 aliphatic rings. The largest absolute Gasteiger partial charge is 0.354 e. The molecule has 2 saturated heterocycles. The van der Waals surface area contributed by atoms with E-state index in [9.17, 15) is 0 Å². The SMILES string of the molecule is CCCCCCCNC1CC[C@](C)(C(C)(C)CC[C@@]2(C)C(C)(C)C[C@]3(C)O[C@@]4(CC[C@H](C)CN4)[C@@H](C)[C@]23C)[C@@](C)(CCC)C1. The minimum Gasteiger partial charge on any atom is -0.354 e. The number of nitrogens with one attached hydrogen (secondary N) is 2. The first-order valence-electron chi connectivity index (χ1n) is 19.5. The molecule has 2 aliphatic heterocycles. The fourth-order valence-corrected chi connectivity index (χ4v) is 12.4. The van der Waals surface area contributed by atoms with Crippen LogP contribution in [0.4, 0.5) is 0 Å². The molecule has 0 aromatic heterocycles. The first-order valence-corrected chi connectivity index (χ1v) is 19.5. The monoisotopic (exact) mass is 615 g/mol. The van der Waals surface area contributed by atoms with E-state index in [1.54, 1.807) is 0 Å². The van der Waals surface area contributed by atoms with Crippen molar-refractivity contribution in [3.05, 3.63) is 0 Å². The van der Waals surface area contributed by atoms with Gasteiger partial charge in [0.2, 0.25) is 0 Å². The molecule has 4 fully saturated rings. The molecule has 3 heteroatoms. The molecule has 2 heterocycles. The van der Waals surface area contributed by atoms with Crippen molar-refractivity contribution in [3.8, 4) is 0 Å². The van der Waals surface area contributed by atoms with Gasteiger partial charge in [-0.1, -0.05) is 115 Å². The Kier molecular flexibility index (Phi) is 10.6. The van der Waals surface area contributed by atoms with Crippen LogP contribution in [-0.4, -0.2) is 30.5 Å². The van der Waals surface area contributed by atoms with Crippen molar-refractivity contribution in [2.75, 3.05) is 13.1 Å². The van der Waals surface area contributed by atoms with Crippen LogP contribution in [-0.2, 0) is 4.74 Å². The van der Waals surface area contributed by atoms with Crippen LogP contribution in [0.5, 0.6) is 0 Å². The molecular formula is C41H78N2O. The van der Waals surface area contributed by atoms with Gasteiger partial charge in [-0.2, -0.15) is 0 Å². The summed E-state index contributed by atoms with van der Waals surface area (Å²) >= 11 is 0. The molecule has 2 N–H and O–H groups in total. The van der Waals surface area contributed by atoms with Crippen LogP contribution in [0, 0.1) is 44.3 Å². The van der Waals surface area contributed by atoms with E-state index in [1.807, 2.05) is 0 Å². The van der Waals surface area contributed by atoms with Gasteiger partial charge in [-0.15, -0.1) is 0 Å². The number of piperidine rings is 1. The topological polar surface area (TPSA) is 33.3 Å². The van der Waals surface area contributed by atoms with E-state index in [4.69, 9.17) is 4.74 Å². The number of hydrogen-bond acceptors (Lipinski definition) is 3. The molecule has 1 unspecified atom stereocenters. The Labute approximate surface area is 276 Å². The van der Waals surface area contributed by atoms with Crippen LogP contribution in [0.25, 0.3) is 0 Å². The molecule has 0 bridgehead atoms. The molecule has 0 aromatic carbocycles. The molecule has 258 valence electrons. The third-order valence-corrected chi connectivity index (χ3v) is 16.5. The standard InChI is InChI=1S/C41H78N2O/c1-14-16-17-18-19-27-42-33-21-23-37(10,36(9,28-33)22-15-2)34(5,6)25-26-38(11)35(7,8)30-39(12)40(38,13)32(4)41(44-39)24-20-31(3)29-43-41/h31-33,42-43H,14-30H2,1-13H3/t31-,32-,33?,36-,37+,38-,39-,40+,41-/m0/s1. The summed E-state index contributed by atoms with van der Waals surface area (Å²) in [5.41, 5.74) is 1.28. The van der Waals surface area contributed by atoms with Crippen molar-refractivity contribution in [1.29, 1.82) is 0 Å². The summed E-state index contributed by atoms with van der Waals surface area (Å²) in [6.45, 7) is 35.7. The van der Waals surface area contributed by atoms with E-state index >= 15 is 0 Å². The van der Waals surface area contributed by atoms with Gasteiger partial charge >= 0.3 is 0 Å². The van der Waals surface area contributed by atoms with E-state index < -0.39 is 0 Å². The lowest BCUT2D eigenvalue weighted by atomic mass is 9.44. The normalized spacial score (nSPS) is 45.6. The fourth-order valence-electron chi connectivity index (χ4n) is 12.4. The second-order valence-corrected chi connectivity index (χ2v) is 19.4. The van der Waals surface area contributed by atoms with Crippen LogP contribution in [0.15, 0.2) is 0 Å². The van der Waals surface area contributed by atoms with Gasteiger partial charge in [0.05, 0.1) is 5.60 Å². The highest BCUT2D eigenvalue weighted by atomic mass is 16.5. The molecule has 1 spiro atoms. The zero-order valence-electron chi connectivity index (χ0n) is 32.2. The molecule has 3 nitrogen and oxygen atoms in total. The quantitative estimate of drug-likeness (QED) is 0.202. The maximum Gasteiger partial charge on any atom is 0.123 e. The average Bonchev–Trinajstić information content (AvgIpc) is 3.18. The Morgan fingerprint density at radius 3 is 2.14 bits per heavy atom. The lowest BCUT2D eigenvalue weighted by Gasteiger charge is -2.61. The Balaban J connectivity index is 1.53. The summed E-state index contributed by atoms with van der Waals surface area (Å²) in [6.07, 6.45) is 19.7. The highest BCUT2D eigenvalue weighted by Gasteiger charge is 2.78. The van der Waals surface area contributed by atoms with E-state index in [0.29, 0.717) is 22.8 Å². The number of ether oxygens (including phenoxy) is 1. The van der Waals surface area contributed by atoms with Gasteiger partial charge in [0.15, 0.2) is 0 Å². The van der Waals surface area contributed by atoms with Crippen molar-refractivity contribution in [1.82, 2.24) is 10.6 Å². The Morgan fingerprint density at radius 2 is 1.52 bits per heavy atom. The van der Waals surface area contributed by atoms with Crippen molar-refractivity contribution < 1.29 is 4.74 Å². The van der Waals surface area contributed by atoms with Crippen molar-refractivity contribution in [2.24, 2.45) is 44.3 Å². The Hall–Kier alpha value is -0.120. The van der Waals surface area contributed by atoms with Crippen LogP contribution < -0.4 is 10.6 Å². The molecule has 9 atom stereocenters. The molecule has 4 rings (SSSR count). The van der Waals surface area contributed by atoms with Crippen molar-refractivity contribution >= 4 is 0 Å². The molecule has 0 amide bonds. The predicted molar refractivity (Wildman–Crippen MR) is 191 cm³/mol. The van der Waals surface area contributed by atoms with Gasteiger partial charge in [-0.3, -0.25) is 5.32 Å². The van der Waals surface area contributed by atoms with Gasteiger partial charge in [0, 0.05) is 23.9 Å². The Bertz CT molecular complexity index is 966. The van der Waals surface area contributed by atoms with Gasteiger partial charge in [-0.05, 0) is 111 Å². The van der Waals surface area contributed by atoms with Crippen LogP contribution >= 0.6 is 0 Å². The van der Waals surface area contributed by atoms with Gasteiger partial charge < -0.3 is 10.1 Å². The van der Waals surface area contributed by atoms with Gasteiger partial charge in [0.25, 0.3) is 0 Å². The first kappa shape index (κ1) is 36.7. The third kappa shape index (κ3) is 5.69. The minimum absolute atomic E-state index is 0.0940. The number of hydrogen-bond donors (Lipinski definition) is 2. The van der Waals surface area contributed by atoms with E-state index in [1.165, 1.54) is 90.0 Å². The molecule has 0 aromatic rings. The third-order valence-electron chi connectivity index (χ3n) is 16.5. The zero-order valence-corrected chi connectivity index (χ0v) is 32.2. The van der Waals surface area contributed by atoms with Crippen LogP contribution in [0.1, 0.15) is 186 Å². The maximum absolute atomic E-state index is 7.38. The lowest BCUT2D eigenvalue weighted by Crippen LogP contribution is -2.58. The van der Waals surface area contributed by atoms with Crippen molar-refractivity contribution in [3.63, 3.8) is 0 Å². The number of unbranched alkanes of at least 4 members (excludes halogenated alkanes) is 4. The second kappa shape index (κ2) is 12.7. The lowest BCUT2D eigenvalue weighted by molar-refractivity contribution is -0.148. The first-order chi connectivity index (χ1) is 20.3.